The van der Waals surface area contributed by atoms with E-state index in [-0.39, 0.29) is 0 Å². The Hall–Kier alpha value is -0.940. The standard InChI is InChI=1S/C6H9N3OS/c7-4(6(8)10)3-5-9-1-2-11-5/h1-2,4H,3,7H2,(H2,8,10)/t4-/m1/s1. The predicted molar refractivity (Wildman–Crippen MR) is 43.0 cm³/mol. The summed E-state index contributed by atoms with van der Waals surface area (Å²) in [5, 5.41) is 2.68. The van der Waals surface area contributed by atoms with Gasteiger partial charge in [-0.2, -0.15) is 0 Å². The SMILES string of the molecule is NC(=O)[C@H](N)Cc1nccs1. The molecular formula is C6H9N3OS. The average Bonchev–Trinajstić information content (AvgIpc) is 2.39. The van der Waals surface area contributed by atoms with E-state index in [1.807, 2.05) is 5.38 Å². The first-order chi connectivity index (χ1) is 5.20. The fourth-order valence-corrected chi connectivity index (χ4v) is 1.32. The highest BCUT2D eigenvalue weighted by Gasteiger charge is 2.10. The van der Waals surface area contributed by atoms with Gasteiger partial charge in [0, 0.05) is 18.0 Å². The lowest BCUT2D eigenvalue weighted by atomic mass is 10.2. The molecule has 1 amide bonds. The number of amides is 1. The fourth-order valence-electron chi connectivity index (χ4n) is 0.642. The van der Waals surface area contributed by atoms with E-state index in [9.17, 15) is 4.79 Å². The van der Waals surface area contributed by atoms with Gasteiger partial charge in [-0.05, 0) is 0 Å². The van der Waals surface area contributed by atoms with Crippen LogP contribution in [0.5, 0.6) is 0 Å². The van der Waals surface area contributed by atoms with Crippen molar-refractivity contribution in [3.8, 4) is 0 Å². The summed E-state index contributed by atoms with van der Waals surface area (Å²) in [6, 6.07) is -0.610. The third-order valence-corrected chi connectivity index (χ3v) is 2.05. The van der Waals surface area contributed by atoms with Crippen LogP contribution in [-0.4, -0.2) is 16.9 Å². The van der Waals surface area contributed by atoms with Crippen LogP contribution in [0.25, 0.3) is 0 Å². The molecule has 1 aromatic rings. The topological polar surface area (TPSA) is 82.0 Å². The Balaban J connectivity index is 2.50. The van der Waals surface area contributed by atoms with Gasteiger partial charge < -0.3 is 11.5 Å². The molecule has 1 heterocycles. The van der Waals surface area contributed by atoms with Crippen LogP contribution in [0.2, 0.25) is 0 Å². The Morgan fingerprint density at radius 2 is 2.55 bits per heavy atom. The average molecular weight is 171 g/mol. The molecule has 1 aromatic heterocycles. The number of aromatic nitrogens is 1. The van der Waals surface area contributed by atoms with Crippen molar-refractivity contribution in [2.24, 2.45) is 11.5 Å². The largest absolute Gasteiger partial charge is 0.368 e. The molecule has 1 rings (SSSR count). The van der Waals surface area contributed by atoms with E-state index in [0.29, 0.717) is 6.42 Å². The van der Waals surface area contributed by atoms with E-state index in [1.54, 1.807) is 6.20 Å². The minimum atomic E-state index is -0.610. The van der Waals surface area contributed by atoms with E-state index in [1.165, 1.54) is 11.3 Å². The molecule has 0 unspecified atom stereocenters. The van der Waals surface area contributed by atoms with Crippen LogP contribution in [0.4, 0.5) is 0 Å². The molecule has 5 heteroatoms. The molecule has 4 N–H and O–H groups in total. The number of primary amides is 1. The Morgan fingerprint density at radius 1 is 1.82 bits per heavy atom. The van der Waals surface area contributed by atoms with Crippen LogP contribution in [0, 0.1) is 0 Å². The molecule has 0 aliphatic rings. The molecular weight excluding hydrogens is 162 g/mol. The molecule has 0 spiro atoms. The number of thiazole rings is 1. The quantitative estimate of drug-likeness (QED) is 0.643. The molecule has 1 atom stereocenters. The van der Waals surface area contributed by atoms with Gasteiger partial charge in [-0.1, -0.05) is 0 Å². The summed E-state index contributed by atoms with van der Waals surface area (Å²) in [5.41, 5.74) is 10.4. The monoisotopic (exact) mass is 171 g/mol. The van der Waals surface area contributed by atoms with E-state index < -0.39 is 11.9 Å². The first-order valence-corrected chi connectivity index (χ1v) is 4.01. The van der Waals surface area contributed by atoms with Crippen molar-refractivity contribution in [1.29, 1.82) is 0 Å². The molecule has 4 nitrogen and oxygen atoms in total. The van der Waals surface area contributed by atoms with Crippen molar-refractivity contribution in [1.82, 2.24) is 4.98 Å². The fraction of sp³-hybridized carbons (Fsp3) is 0.333. The van der Waals surface area contributed by atoms with E-state index in [0.717, 1.165) is 5.01 Å². The molecule has 0 saturated carbocycles. The Kier molecular flexibility index (Phi) is 2.56. The molecule has 0 aliphatic carbocycles. The van der Waals surface area contributed by atoms with Gasteiger partial charge in [0.2, 0.25) is 5.91 Å². The van der Waals surface area contributed by atoms with Crippen LogP contribution < -0.4 is 11.5 Å². The first-order valence-electron chi connectivity index (χ1n) is 3.13. The van der Waals surface area contributed by atoms with Crippen LogP contribution in [-0.2, 0) is 11.2 Å². The summed E-state index contributed by atoms with van der Waals surface area (Å²) in [4.78, 5) is 14.5. The zero-order valence-corrected chi connectivity index (χ0v) is 6.67. The van der Waals surface area contributed by atoms with Crippen LogP contribution >= 0.6 is 11.3 Å². The Morgan fingerprint density at radius 3 is 3.00 bits per heavy atom. The summed E-state index contributed by atoms with van der Waals surface area (Å²) in [5.74, 6) is -0.486. The second-order valence-corrected chi connectivity index (χ2v) is 3.12. The summed E-state index contributed by atoms with van der Waals surface area (Å²) in [6.07, 6.45) is 2.11. The first kappa shape index (κ1) is 8.16. The lowest BCUT2D eigenvalue weighted by Crippen LogP contribution is -2.38. The lowest BCUT2D eigenvalue weighted by molar-refractivity contribution is -0.119. The van der Waals surface area contributed by atoms with Crippen molar-refractivity contribution >= 4 is 17.2 Å². The van der Waals surface area contributed by atoms with Crippen molar-refractivity contribution < 1.29 is 4.79 Å². The highest BCUT2D eigenvalue weighted by Crippen LogP contribution is 2.05. The van der Waals surface area contributed by atoms with Gasteiger partial charge in [0.15, 0.2) is 0 Å². The van der Waals surface area contributed by atoms with Crippen molar-refractivity contribution in [2.45, 2.75) is 12.5 Å². The minimum absolute atomic E-state index is 0.438. The number of rotatable bonds is 3. The van der Waals surface area contributed by atoms with Crippen molar-refractivity contribution in [3.63, 3.8) is 0 Å². The highest BCUT2D eigenvalue weighted by atomic mass is 32.1. The molecule has 11 heavy (non-hydrogen) atoms. The maximum Gasteiger partial charge on any atom is 0.234 e. The number of hydrogen-bond donors (Lipinski definition) is 2. The summed E-state index contributed by atoms with van der Waals surface area (Å²) >= 11 is 1.47. The van der Waals surface area contributed by atoms with Gasteiger partial charge in [-0.15, -0.1) is 11.3 Å². The molecule has 60 valence electrons. The predicted octanol–water partition coefficient (Wildman–Crippen LogP) is -0.502. The number of nitrogens with zero attached hydrogens (tertiary/aromatic N) is 1. The smallest absolute Gasteiger partial charge is 0.234 e. The molecule has 0 radical (unpaired) electrons. The Labute approximate surface area is 68.2 Å². The van der Waals surface area contributed by atoms with Gasteiger partial charge in [-0.25, -0.2) is 4.98 Å². The highest BCUT2D eigenvalue weighted by molar-refractivity contribution is 7.09. The summed E-state index contributed by atoms with van der Waals surface area (Å²) in [6.45, 7) is 0. The minimum Gasteiger partial charge on any atom is -0.368 e. The molecule has 0 aliphatic heterocycles. The zero-order valence-electron chi connectivity index (χ0n) is 5.86. The van der Waals surface area contributed by atoms with Crippen LogP contribution in [0.1, 0.15) is 5.01 Å². The van der Waals surface area contributed by atoms with Crippen molar-refractivity contribution in [3.05, 3.63) is 16.6 Å². The van der Waals surface area contributed by atoms with Gasteiger partial charge in [-0.3, -0.25) is 4.79 Å². The van der Waals surface area contributed by atoms with Crippen LogP contribution in [0.3, 0.4) is 0 Å². The second-order valence-electron chi connectivity index (χ2n) is 2.14. The molecule has 0 saturated heterocycles. The number of carbonyl (C=O) groups is 1. The van der Waals surface area contributed by atoms with E-state index in [2.05, 4.69) is 4.98 Å². The normalized spacial score (nSPS) is 12.8. The van der Waals surface area contributed by atoms with Gasteiger partial charge in [0.05, 0.1) is 11.0 Å². The van der Waals surface area contributed by atoms with Gasteiger partial charge in [0.1, 0.15) is 0 Å². The zero-order chi connectivity index (χ0) is 8.27. The molecule has 0 aromatic carbocycles. The third kappa shape index (κ3) is 2.28. The van der Waals surface area contributed by atoms with Crippen LogP contribution in [0.15, 0.2) is 11.6 Å². The maximum atomic E-state index is 10.5. The second kappa shape index (κ2) is 3.45. The van der Waals surface area contributed by atoms with E-state index >= 15 is 0 Å². The van der Waals surface area contributed by atoms with Gasteiger partial charge >= 0.3 is 0 Å². The number of hydrogen-bond acceptors (Lipinski definition) is 4. The number of carbonyl (C=O) groups excluding carboxylic acids is 1. The summed E-state index contributed by atoms with van der Waals surface area (Å²) < 4.78 is 0. The molecule has 0 fully saturated rings. The van der Waals surface area contributed by atoms with Gasteiger partial charge in [0.25, 0.3) is 0 Å². The summed E-state index contributed by atoms with van der Waals surface area (Å²) in [7, 11) is 0. The third-order valence-electron chi connectivity index (χ3n) is 1.24. The maximum absolute atomic E-state index is 10.5. The van der Waals surface area contributed by atoms with E-state index in [4.69, 9.17) is 11.5 Å². The number of nitrogens with two attached hydrogens (primary N) is 2. The molecule has 0 bridgehead atoms. The van der Waals surface area contributed by atoms with Crippen molar-refractivity contribution in [2.75, 3.05) is 0 Å². The lowest BCUT2D eigenvalue weighted by Gasteiger charge is -2.02. The Bertz CT molecular complexity index is 234.